The van der Waals surface area contributed by atoms with Crippen molar-refractivity contribution in [1.82, 2.24) is 0 Å². The van der Waals surface area contributed by atoms with E-state index >= 15 is 0 Å². The highest BCUT2D eigenvalue weighted by Crippen LogP contribution is 2.25. The highest BCUT2D eigenvalue weighted by molar-refractivity contribution is 9.10. The Hall–Kier alpha value is -1.52. The van der Waals surface area contributed by atoms with Crippen molar-refractivity contribution >= 4 is 39.2 Å². The summed E-state index contributed by atoms with van der Waals surface area (Å²) >= 11 is 9.28. The van der Waals surface area contributed by atoms with Crippen molar-refractivity contribution in [3.05, 3.63) is 63.1 Å². The van der Waals surface area contributed by atoms with Crippen LogP contribution in [0.15, 0.2) is 46.9 Å². The molecule has 0 amide bonds. The van der Waals surface area contributed by atoms with E-state index in [1.54, 1.807) is 12.1 Å². The van der Waals surface area contributed by atoms with Crippen LogP contribution in [0.2, 0.25) is 5.02 Å². The summed E-state index contributed by atoms with van der Waals surface area (Å²) in [4.78, 5) is 13.2. The maximum atomic E-state index is 11.3. The van der Waals surface area contributed by atoms with Gasteiger partial charge in [0.2, 0.25) is 0 Å². The quantitative estimate of drug-likeness (QED) is 0.882. The van der Waals surface area contributed by atoms with Crippen molar-refractivity contribution in [1.29, 1.82) is 0 Å². The summed E-state index contributed by atoms with van der Waals surface area (Å²) in [5, 5.41) is 9.67. The first-order chi connectivity index (χ1) is 9.47. The molecule has 0 saturated carbocycles. The molecule has 0 bridgehead atoms. The summed E-state index contributed by atoms with van der Waals surface area (Å²) in [6.45, 7) is 0.612. The van der Waals surface area contributed by atoms with Gasteiger partial charge in [-0.3, -0.25) is 0 Å². The van der Waals surface area contributed by atoms with E-state index in [4.69, 9.17) is 11.6 Å². The molecule has 0 radical (unpaired) electrons. The number of carbonyl (C=O) groups is 1. The third kappa shape index (κ3) is 3.52. The summed E-state index contributed by atoms with van der Waals surface area (Å²) in [5.41, 5.74) is 1.94. The maximum absolute atomic E-state index is 11.3. The number of hydrogen-bond donors (Lipinski definition) is 1. The highest BCUT2D eigenvalue weighted by atomic mass is 79.9. The van der Waals surface area contributed by atoms with Gasteiger partial charge in [-0.15, -0.1) is 0 Å². The second-order valence-electron chi connectivity index (χ2n) is 4.45. The van der Waals surface area contributed by atoms with E-state index in [-0.39, 0.29) is 5.56 Å². The van der Waals surface area contributed by atoms with Gasteiger partial charge >= 0.3 is 5.97 Å². The molecule has 0 aliphatic heterocycles. The van der Waals surface area contributed by atoms with Crippen LogP contribution in [0.1, 0.15) is 15.9 Å². The zero-order valence-corrected chi connectivity index (χ0v) is 13.1. The summed E-state index contributed by atoms with van der Waals surface area (Å²) in [5.74, 6) is -0.983. The second-order valence-corrected chi connectivity index (χ2v) is 5.80. The molecule has 2 rings (SSSR count). The number of hydrogen-bond acceptors (Lipinski definition) is 2. The van der Waals surface area contributed by atoms with Crippen molar-refractivity contribution in [2.45, 2.75) is 6.54 Å². The number of anilines is 1. The van der Waals surface area contributed by atoms with Crippen molar-refractivity contribution in [2.75, 3.05) is 11.9 Å². The highest BCUT2D eigenvalue weighted by Gasteiger charge is 2.14. The summed E-state index contributed by atoms with van der Waals surface area (Å²) in [6, 6.07) is 12.8. The topological polar surface area (TPSA) is 40.5 Å². The van der Waals surface area contributed by atoms with E-state index in [0.717, 1.165) is 10.0 Å². The molecule has 104 valence electrons. The van der Waals surface area contributed by atoms with Crippen LogP contribution < -0.4 is 4.90 Å². The fourth-order valence-corrected chi connectivity index (χ4v) is 2.63. The van der Waals surface area contributed by atoms with Crippen LogP contribution in [-0.2, 0) is 6.54 Å². The summed E-state index contributed by atoms with van der Waals surface area (Å²) < 4.78 is 0.998. The molecule has 0 atom stereocenters. The third-order valence-corrected chi connectivity index (χ3v) is 3.64. The van der Waals surface area contributed by atoms with Crippen molar-refractivity contribution < 1.29 is 9.90 Å². The minimum atomic E-state index is -0.983. The van der Waals surface area contributed by atoms with Crippen LogP contribution in [0.25, 0.3) is 0 Å². The lowest BCUT2D eigenvalue weighted by Crippen LogP contribution is -2.19. The molecule has 3 nitrogen and oxygen atoms in total. The largest absolute Gasteiger partial charge is 0.478 e. The minimum absolute atomic E-state index is 0.204. The molecule has 0 saturated heterocycles. The Balaban J connectivity index is 2.29. The van der Waals surface area contributed by atoms with Crippen LogP contribution in [0.3, 0.4) is 0 Å². The van der Waals surface area contributed by atoms with E-state index < -0.39 is 5.97 Å². The first-order valence-electron chi connectivity index (χ1n) is 5.96. The van der Waals surface area contributed by atoms with Gasteiger partial charge in [-0.2, -0.15) is 0 Å². The van der Waals surface area contributed by atoms with Gasteiger partial charge in [0, 0.05) is 23.1 Å². The molecule has 0 heterocycles. The van der Waals surface area contributed by atoms with Crippen molar-refractivity contribution in [3.8, 4) is 0 Å². The number of nitrogens with zero attached hydrogens (tertiary/aromatic N) is 1. The monoisotopic (exact) mass is 353 g/mol. The Bertz CT molecular complexity index is 646. The average molecular weight is 355 g/mol. The SMILES string of the molecule is CN(Cc1cccc(Br)c1)c1ccc(Cl)cc1C(=O)O. The van der Waals surface area contributed by atoms with Crippen molar-refractivity contribution in [2.24, 2.45) is 0 Å². The fourth-order valence-electron chi connectivity index (χ4n) is 2.01. The number of carboxylic acid groups (broad SMARTS) is 1. The molecule has 5 heteroatoms. The van der Waals surface area contributed by atoms with E-state index in [1.165, 1.54) is 6.07 Å². The van der Waals surface area contributed by atoms with Gasteiger partial charge < -0.3 is 10.0 Å². The average Bonchev–Trinajstić information content (AvgIpc) is 2.38. The number of halogens is 2. The molecule has 2 aromatic carbocycles. The molecule has 0 aliphatic carbocycles. The number of aromatic carboxylic acids is 1. The van der Waals surface area contributed by atoms with Crippen LogP contribution >= 0.6 is 27.5 Å². The molecular formula is C15H13BrClNO2. The van der Waals surface area contributed by atoms with Gasteiger partial charge in [-0.05, 0) is 35.9 Å². The minimum Gasteiger partial charge on any atom is -0.478 e. The lowest BCUT2D eigenvalue weighted by molar-refractivity contribution is 0.0697. The molecular weight excluding hydrogens is 342 g/mol. The fraction of sp³-hybridized carbons (Fsp3) is 0.133. The van der Waals surface area contributed by atoms with E-state index in [9.17, 15) is 9.90 Å². The first-order valence-corrected chi connectivity index (χ1v) is 7.13. The Morgan fingerprint density at radius 2 is 2.05 bits per heavy atom. The summed E-state index contributed by atoms with van der Waals surface area (Å²) in [7, 11) is 1.86. The lowest BCUT2D eigenvalue weighted by atomic mass is 10.1. The zero-order valence-electron chi connectivity index (χ0n) is 10.8. The second kappa shape index (κ2) is 6.29. The Morgan fingerprint density at radius 3 is 2.70 bits per heavy atom. The van der Waals surface area contributed by atoms with Gasteiger partial charge in [0.25, 0.3) is 0 Å². The van der Waals surface area contributed by atoms with Crippen LogP contribution in [0.4, 0.5) is 5.69 Å². The van der Waals surface area contributed by atoms with Crippen LogP contribution in [0.5, 0.6) is 0 Å². The van der Waals surface area contributed by atoms with Crippen LogP contribution in [-0.4, -0.2) is 18.1 Å². The van der Waals surface area contributed by atoms with E-state index in [2.05, 4.69) is 15.9 Å². The normalized spacial score (nSPS) is 10.3. The number of carboxylic acids is 1. The lowest BCUT2D eigenvalue weighted by Gasteiger charge is -2.21. The standard InChI is InChI=1S/C15H13BrClNO2/c1-18(9-10-3-2-4-11(16)7-10)14-6-5-12(17)8-13(14)15(19)20/h2-8H,9H2,1H3,(H,19,20). The molecule has 20 heavy (non-hydrogen) atoms. The Morgan fingerprint density at radius 1 is 1.30 bits per heavy atom. The molecule has 1 N–H and O–H groups in total. The van der Waals surface area contributed by atoms with E-state index in [1.807, 2.05) is 36.2 Å². The smallest absolute Gasteiger partial charge is 0.337 e. The summed E-state index contributed by atoms with van der Waals surface area (Å²) in [6.07, 6.45) is 0. The van der Waals surface area contributed by atoms with Gasteiger partial charge in [0.05, 0.1) is 11.3 Å². The van der Waals surface area contributed by atoms with Gasteiger partial charge in [-0.1, -0.05) is 39.7 Å². The van der Waals surface area contributed by atoms with E-state index in [0.29, 0.717) is 17.3 Å². The number of rotatable bonds is 4. The third-order valence-electron chi connectivity index (χ3n) is 2.91. The molecule has 0 unspecified atom stereocenters. The maximum Gasteiger partial charge on any atom is 0.337 e. The predicted molar refractivity (Wildman–Crippen MR) is 84.7 cm³/mol. The number of benzene rings is 2. The molecule has 0 fully saturated rings. The molecule has 2 aromatic rings. The zero-order chi connectivity index (χ0) is 14.7. The Labute approximate surface area is 130 Å². The Kier molecular flexibility index (Phi) is 4.68. The van der Waals surface area contributed by atoms with Gasteiger partial charge in [-0.25, -0.2) is 4.79 Å². The molecule has 0 aromatic heterocycles. The van der Waals surface area contributed by atoms with Crippen molar-refractivity contribution in [3.63, 3.8) is 0 Å². The molecule has 0 spiro atoms. The molecule has 0 aliphatic rings. The van der Waals surface area contributed by atoms with Gasteiger partial charge in [0.15, 0.2) is 0 Å². The predicted octanol–water partition coefficient (Wildman–Crippen LogP) is 4.44. The van der Waals surface area contributed by atoms with Crippen LogP contribution in [0, 0.1) is 0 Å². The van der Waals surface area contributed by atoms with Gasteiger partial charge in [0.1, 0.15) is 0 Å². The first kappa shape index (κ1) is 14.9.